The topological polar surface area (TPSA) is 47.8 Å². The fourth-order valence-electron chi connectivity index (χ4n) is 0.737. The molecule has 0 aliphatic carbocycles. The van der Waals surface area contributed by atoms with Crippen LogP contribution in [-0.2, 0) is 7.05 Å². The van der Waals surface area contributed by atoms with Crippen LogP contribution in [0.5, 0.6) is 0 Å². The van der Waals surface area contributed by atoms with E-state index in [1.165, 1.54) is 0 Å². The number of aromatic nitrogens is 2. The van der Waals surface area contributed by atoms with Crippen molar-refractivity contribution < 1.29 is 5.48 Å². The molecule has 0 saturated carbocycles. The first kappa shape index (κ1) is 8.17. The van der Waals surface area contributed by atoms with Gasteiger partial charge in [-0.25, -0.2) is 4.98 Å². The van der Waals surface area contributed by atoms with Crippen molar-refractivity contribution in [2.45, 2.75) is 13.8 Å². The molecule has 0 unspecified atom stereocenters. The van der Waals surface area contributed by atoms with Crippen molar-refractivity contribution in [1.29, 1.82) is 0 Å². The maximum absolute atomic E-state index is 4.17. The fourth-order valence-corrected chi connectivity index (χ4v) is 0.737. The molecule has 1 aromatic rings. The Hall–Kier alpha value is -0.830. The molecule has 0 aromatic carbocycles. The number of nitrogens with zero attached hydrogens (tertiary/aromatic N) is 2. The van der Waals surface area contributed by atoms with Crippen molar-refractivity contribution in [2.24, 2.45) is 7.05 Å². The van der Waals surface area contributed by atoms with Gasteiger partial charge in [-0.15, -0.1) is 0 Å². The molecule has 1 N–H and O–H groups in total. The van der Waals surface area contributed by atoms with Gasteiger partial charge in [0.05, 0.1) is 5.69 Å². The Morgan fingerprint density at radius 1 is 1.44 bits per heavy atom. The summed E-state index contributed by atoms with van der Waals surface area (Å²) in [5, 5.41) is 0. The molecule has 0 aliphatic rings. The molecule has 0 bridgehead atoms. The first-order valence-corrected chi connectivity index (χ1v) is 2.66. The van der Waals surface area contributed by atoms with Crippen LogP contribution in [0.25, 0.3) is 0 Å². The zero-order chi connectivity index (χ0) is 6.15. The van der Waals surface area contributed by atoms with E-state index in [9.17, 15) is 0 Å². The van der Waals surface area contributed by atoms with Gasteiger partial charge in [-0.3, -0.25) is 0 Å². The van der Waals surface area contributed by atoms with Gasteiger partial charge < -0.3 is 10.0 Å². The van der Waals surface area contributed by atoms with Crippen LogP contribution in [0.2, 0.25) is 0 Å². The third kappa shape index (κ3) is 1.54. The molecule has 1 rings (SSSR count). The van der Waals surface area contributed by atoms with Crippen LogP contribution in [0.15, 0.2) is 6.20 Å². The fraction of sp³-hybridized carbons (Fsp3) is 0.500. The van der Waals surface area contributed by atoms with Gasteiger partial charge in [-0.2, -0.15) is 0 Å². The molecule has 3 nitrogen and oxygen atoms in total. The minimum atomic E-state index is 0. The molecular weight excluding hydrogens is 116 g/mol. The SMILES string of the molecule is Cc1cn(C)c(C)n1.[OH-]. The lowest BCUT2D eigenvalue weighted by Gasteiger charge is -1.87. The summed E-state index contributed by atoms with van der Waals surface area (Å²) in [5.41, 5.74) is 1.09. The van der Waals surface area contributed by atoms with E-state index in [1.54, 1.807) is 0 Å². The summed E-state index contributed by atoms with van der Waals surface area (Å²) in [6, 6.07) is 0. The van der Waals surface area contributed by atoms with E-state index in [-0.39, 0.29) is 5.48 Å². The second-order valence-corrected chi connectivity index (χ2v) is 2.04. The first-order chi connectivity index (χ1) is 3.70. The lowest BCUT2D eigenvalue weighted by Crippen LogP contribution is -1.86. The van der Waals surface area contributed by atoms with E-state index >= 15 is 0 Å². The Morgan fingerprint density at radius 2 is 2.00 bits per heavy atom. The van der Waals surface area contributed by atoms with E-state index in [1.807, 2.05) is 31.7 Å². The number of hydrogen-bond acceptors (Lipinski definition) is 2. The van der Waals surface area contributed by atoms with E-state index in [2.05, 4.69) is 4.98 Å². The van der Waals surface area contributed by atoms with E-state index in [0.29, 0.717) is 0 Å². The number of aryl methyl sites for hydroxylation is 3. The molecule has 0 aliphatic heterocycles. The largest absolute Gasteiger partial charge is 0.870 e. The van der Waals surface area contributed by atoms with Gasteiger partial charge in [0.15, 0.2) is 0 Å². The minimum Gasteiger partial charge on any atom is -0.870 e. The average Bonchev–Trinajstić information content (AvgIpc) is 1.85. The minimum absolute atomic E-state index is 0. The molecule has 0 spiro atoms. The molecule has 0 saturated heterocycles. The summed E-state index contributed by atoms with van der Waals surface area (Å²) in [6.45, 7) is 3.99. The summed E-state index contributed by atoms with van der Waals surface area (Å²) in [4.78, 5) is 4.17. The smallest absolute Gasteiger partial charge is 0.105 e. The zero-order valence-electron chi connectivity index (χ0n) is 5.92. The lowest BCUT2D eigenvalue weighted by atomic mass is 10.6. The van der Waals surface area contributed by atoms with Crippen molar-refractivity contribution in [2.75, 3.05) is 0 Å². The van der Waals surface area contributed by atoms with Crippen LogP contribution in [0.4, 0.5) is 0 Å². The van der Waals surface area contributed by atoms with Gasteiger partial charge in [0.2, 0.25) is 0 Å². The second kappa shape index (κ2) is 2.64. The zero-order valence-corrected chi connectivity index (χ0v) is 5.92. The van der Waals surface area contributed by atoms with Gasteiger partial charge in [-0.1, -0.05) is 0 Å². The molecule has 9 heavy (non-hydrogen) atoms. The standard InChI is InChI=1S/C6H10N2.H2O/c1-5-4-8(3)6(2)7-5;/h4H,1-3H3;1H2/p-1. The number of rotatable bonds is 0. The van der Waals surface area contributed by atoms with Crippen molar-refractivity contribution in [3.63, 3.8) is 0 Å². The Labute approximate surface area is 54.6 Å². The van der Waals surface area contributed by atoms with E-state index in [0.717, 1.165) is 11.5 Å². The Balaban J connectivity index is 0.000000640. The van der Waals surface area contributed by atoms with Gasteiger partial charge >= 0.3 is 0 Å². The average molecular weight is 127 g/mol. The second-order valence-electron chi connectivity index (χ2n) is 2.04. The van der Waals surface area contributed by atoms with E-state index in [4.69, 9.17) is 0 Å². The molecule has 0 amide bonds. The van der Waals surface area contributed by atoms with Crippen LogP contribution in [0.1, 0.15) is 11.5 Å². The molecule has 0 radical (unpaired) electrons. The van der Waals surface area contributed by atoms with Crippen molar-refractivity contribution in [3.05, 3.63) is 17.7 Å². The predicted octanol–water partition coefficient (Wildman–Crippen LogP) is 0.860. The first-order valence-electron chi connectivity index (χ1n) is 2.66. The van der Waals surface area contributed by atoms with Gasteiger partial charge in [0.1, 0.15) is 5.82 Å². The normalized spacial score (nSPS) is 8.78. The summed E-state index contributed by atoms with van der Waals surface area (Å²) in [6.07, 6.45) is 2.01. The van der Waals surface area contributed by atoms with Crippen LogP contribution in [0.3, 0.4) is 0 Å². The highest BCUT2D eigenvalue weighted by atomic mass is 16.0. The van der Waals surface area contributed by atoms with Crippen LogP contribution in [0, 0.1) is 13.8 Å². The van der Waals surface area contributed by atoms with Crippen molar-refractivity contribution in [3.8, 4) is 0 Å². The maximum atomic E-state index is 4.17. The highest BCUT2D eigenvalue weighted by molar-refractivity contribution is 4.98. The quantitative estimate of drug-likeness (QED) is 0.519. The summed E-state index contributed by atoms with van der Waals surface area (Å²) < 4.78 is 2.01. The third-order valence-electron chi connectivity index (χ3n) is 1.23. The summed E-state index contributed by atoms with van der Waals surface area (Å²) >= 11 is 0. The highest BCUT2D eigenvalue weighted by Gasteiger charge is 1.91. The Morgan fingerprint density at radius 3 is 2.11 bits per heavy atom. The Bertz CT molecular complexity index is 173. The molecule has 0 atom stereocenters. The molecule has 1 aromatic heterocycles. The van der Waals surface area contributed by atoms with Crippen molar-refractivity contribution in [1.82, 2.24) is 9.55 Å². The molecule has 0 fully saturated rings. The van der Waals surface area contributed by atoms with Crippen LogP contribution in [-0.4, -0.2) is 15.0 Å². The van der Waals surface area contributed by atoms with Crippen LogP contribution < -0.4 is 0 Å². The lowest BCUT2D eigenvalue weighted by molar-refractivity contribution is 0.824. The molecule has 3 heteroatoms. The predicted molar refractivity (Wildman–Crippen MR) is 34.6 cm³/mol. The monoisotopic (exact) mass is 127 g/mol. The van der Waals surface area contributed by atoms with E-state index < -0.39 is 0 Å². The molecular formula is C6H11N2O-. The molecule has 52 valence electrons. The van der Waals surface area contributed by atoms with Crippen LogP contribution >= 0.6 is 0 Å². The van der Waals surface area contributed by atoms with Crippen molar-refractivity contribution >= 4 is 0 Å². The maximum Gasteiger partial charge on any atom is 0.105 e. The Kier molecular flexibility index (Phi) is 2.40. The molecule has 1 heterocycles. The number of imidazole rings is 1. The summed E-state index contributed by atoms with van der Waals surface area (Å²) in [5.74, 6) is 1.07. The van der Waals surface area contributed by atoms with Gasteiger partial charge in [0.25, 0.3) is 0 Å². The summed E-state index contributed by atoms with van der Waals surface area (Å²) in [7, 11) is 2.00. The third-order valence-corrected chi connectivity index (χ3v) is 1.23. The van der Waals surface area contributed by atoms with Gasteiger partial charge in [0, 0.05) is 13.2 Å². The highest BCUT2D eigenvalue weighted by Crippen LogP contribution is 1.95. The van der Waals surface area contributed by atoms with Gasteiger partial charge in [-0.05, 0) is 13.8 Å². The number of hydrogen-bond donors (Lipinski definition) is 0.